The highest BCUT2D eigenvalue weighted by molar-refractivity contribution is 8.00. The minimum Gasteiger partial charge on any atom is -0.310 e. The molecule has 0 aromatic heterocycles. The first-order valence-electron chi connectivity index (χ1n) is 7.17. The lowest BCUT2D eigenvalue weighted by atomic mass is 9.93. The Morgan fingerprint density at radius 1 is 1.24 bits per heavy atom. The molecule has 0 saturated carbocycles. The highest BCUT2D eigenvalue weighted by Gasteiger charge is 2.34. The number of hydrogen-bond acceptors (Lipinski definition) is 3. The molecule has 1 N–H and O–H groups in total. The topological polar surface area (TPSA) is 15.3 Å². The second-order valence-electron chi connectivity index (χ2n) is 6.30. The number of thioether (sulfide) groups is 1. The van der Waals surface area contributed by atoms with Gasteiger partial charge in [0.25, 0.3) is 0 Å². The molecule has 0 bridgehead atoms. The van der Waals surface area contributed by atoms with Crippen molar-refractivity contribution in [3.63, 3.8) is 0 Å². The lowest BCUT2D eigenvalue weighted by molar-refractivity contribution is 0.194. The van der Waals surface area contributed by atoms with Crippen LogP contribution < -0.4 is 5.32 Å². The molecule has 0 aromatic rings. The molecule has 2 aliphatic rings. The molecule has 2 heterocycles. The number of hydrogen-bond donors (Lipinski definition) is 1. The van der Waals surface area contributed by atoms with Crippen LogP contribution in [0.1, 0.15) is 46.5 Å². The van der Waals surface area contributed by atoms with Crippen LogP contribution in [0, 0.1) is 0 Å². The van der Waals surface area contributed by atoms with Gasteiger partial charge in [0, 0.05) is 29.1 Å². The van der Waals surface area contributed by atoms with Crippen LogP contribution in [0.25, 0.3) is 0 Å². The van der Waals surface area contributed by atoms with Crippen LogP contribution in [0.4, 0.5) is 0 Å². The zero-order valence-electron chi connectivity index (χ0n) is 11.7. The fourth-order valence-corrected chi connectivity index (χ4v) is 4.20. The third-order valence-electron chi connectivity index (χ3n) is 4.47. The Hall–Kier alpha value is 0.270. The third-order valence-corrected chi connectivity index (χ3v) is 5.84. The van der Waals surface area contributed by atoms with Crippen molar-refractivity contribution in [3.05, 3.63) is 0 Å². The van der Waals surface area contributed by atoms with Crippen molar-refractivity contribution in [2.24, 2.45) is 0 Å². The Balaban J connectivity index is 1.90. The van der Waals surface area contributed by atoms with E-state index >= 15 is 0 Å². The molecule has 17 heavy (non-hydrogen) atoms. The summed E-state index contributed by atoms with van der Waals surface area (Å²) in [4.78, 5) is 2.70. The van der Waals surface area contributed by atoms with Crippen molar-refractivity contribution in [1.82, 2.24) is 10.2 Å². The molecule has 1 unspecified atom stereocenters. The summed E-state index contributed by atoms with van der Waals surface area (Å²) in [5.41, 5.74) is 0.430. The maximum atomic E-state index is 3.76. The second kappa shape index (κ2) is 5.50. The quantitative estimate of drug-likeness (QED) is 0.836. The van der Waals surface area contributed by atoms with Crippen LogP contribution >= 0.6 is 11.8 Å². The molecule has 0 aromatic carbocycles. The second-order valence-corrected chi connectivity index (χ2v) is 8.10. The Morgan fingerprint density at radius 2 is 2.06 bits per heavy atom. The maximum Gasteiger partial charge on any atom is 0.0306 e. The zero-order chi connectivity index (χ0) is 12.4. The predicted molar refractivity (Wildman–Crippen MR) is 77.9 cm³/mol. The molecule has 2 fully saturated rings. The van der Waals surface area contributed by atoms with Crippen molar-refractivity contribution in [1.29, 1.82) is 0 Å². The van der Waals surface area contributed by atoms with E-state index in [1.54, 1.807) is 0 Å². The molecule has 0 radical (unpaired) electrons. The molecular formula is C14H28N2S. The summed E-state index contributed by atoms with van der Waals surface area (Å²) >= 11 is 2.15. The van der Waals surface area contributed by atoms with E-state index < -0.39 is 0 Å². The summed E-state index contributed by atoms with van der Waals surface area (Å²) < 4.78 is 0.483. The van der Waals surface area contributed by atoms with Crippen molar-refractivity contribution < 1.29 is 0 Å². The number of rotatable bonds is 3. The zero-order valence-corrected chi connectivity index (χ0v) is 12.5. The maximum absolute atomic E-state index is 3.76. The summed E-state index contributed by atoms with van der Waals surface area (Å²) in [5, 5.41) is 3.76. The van der Waals surface area contributed by atoms with Gasteiger partial charge < -0.3 is 10.2 Å². The molecule has 2 aliphatic heterocycles. The Kier molecular flexibility index (Phi) is 4.43. The molecule has 0 spiro atoms. The van der Waals surface area contributed by atoms with E-state index in [9.17, 15) is 0 Å². The van der Waals surface area contributed by atoms with Gasteiger partial charge in [-0.15, -0.1) is 0 Å². The van der Waals surface area contributed by atoms with Gasteiger partial charge in [-0.2, -0.15) is 11.8 Å². The van der Waals surface area contributed by atoms with E-state index in [1.165, 1.54) is 57.6 Å². The standard InChI is InChI=1S/C14H28N2S/c1-4-14(6-5-8-15-14)12-16-9-7-13(2,3)17-11-10-16/h15H,4-12H2,1-3H3. The van der Waals surface area contributed by atoms with Crippen LogP contribution in [-0.4, -0.2) is 47.1 Å². The highest BCUT2D eigenvalue weighted by atomic mass is 32.2. The van der Waals surface area contributed by atoms with Crippen LogP contribution in [0.5, 0.6) is 0 Å². The van der Waals surface area contributed by atoms with Gasteiger partial charge in [-0.25, -0.2) is 0 Å². The first kappa shape index (κ1) is 13.7. The van der Waals surface area contributed by atoms with E-state index in [4.69, 9.17) is 0 Å². The summed E-state index contributed by atoms with van der Waals surface area (Å²) in [6, 6.07) is 0. The van der Waals surface area contributed by atoms with Gasteiger partial charge in [0.15, 0.2) is 0 Å². The lowest BCUT2D eigenvalue weighted by Crippen LogP contribution is -2.50. The normalized spacial score (nSPS) is 34.8. The molecule has 0 amide bonds. The highest BCUT2D eigenvalue weighted by Crippen LogP contribution is 2.32. The first-order valence-corrected chi connectivity index (χ1v) is 8.15. The molecule has 100 valence electrons. The summed E-state index contributed by atoms with van der Waals surface area (Å²) in [7, 11) is 0. The van der Waals surface area contributed by atoms with Crippen molar-refractivity contribution in [3.8, 4) is 0 Å². The van der Waals surface area contributed by atoms with E-state index in [0.717, 1.165) is 0 Å². The van der Waals surface area contributed by atoms with Gasteiger partial charge in [0.1, 0.15) is 0 Å². The van der Waals surface area contributed by atoms with Crippen LogP contribution in [-0.2, 0) is 0 Å². The van der Waals surface area contributed by atoms with Crippen LogP contribution in [0.2, 0.25) is 0 Å². The van der Waals surface area contributed by atoms with Gasteiger partial charge in [-0.1, -0.05) is 20.8 Å². The Bertz CT molecular complexity index is 247. The van der Waals surface area contributed by atoms with Crippen LogP contribution in [0.15, 0.2) is 0 Å². The van der Waals surface area contributed by atoms with E-state index in [0.29, 0.717) is 10.3 Å². The Labute approximate surface area is 111 Å². The average molecular weight is 256 g/mol. The minimum atomic E-state index is 0.430. The monoisotopic (exact) mass is 256 g/mol. The Morgan fingerprint density at radius 3 is 2.71 bits per heavy atom. The molecule has 2 nitrogen and oxygen atoms in total. The molecular weight excluding hydrogens is 228 g/mol. The van der Waals surface area contributed by atoms with Crippen LogP contribution in [0.3, 0.4) is 0 Å². The molecule has 1 atom stereocenters. The largest absolute Gasteiger partial charge is 0.310 e. The molecule has 2 saturated heterocycles. The van der Waals surface area contributed by atoms with Gasteiger partial charge in [0.05, 0.1) is 0 Å². The van der Waals surface area contributed by atoms with Gasteiger partial charge in [0.2, 0.25) is 0 Å². The van der Waals surface area contributed by atoms with E-state index in [1.807, 2.05) is 0 Å². The molecule has 0 aliphatic carbocycles. The number of nitrogens with one attached hydrogen (secondary N) is 1. The van der Waals surface area contributed by atoms with E-state index in [2.05, 4.69) is 42.7 Å². The smallest absolute Gasteiger partial charge is 0.0306 e. The predicted octanol–water partition coefficient (Wildman–Crippen LogP) is 2.74. The SMILES string of the molecule is CCC1(CN2CCSC(C)(C)CC2)CCCN1. The summed E-state index contributed by atoms with van der Waals surface area (Å²) in [6.07, 6.45) is 5.34. The number of nitrogens with zero attached hydrogens (tertiary/aromatic N) is 1. The summed E-state index contributed by atoms with van der Waals surface area (Å²) in [6.45, 7) is 12.2. The molecule has 2 rings (SSSR count). The van der Waals surface area contributed by atoms with Gasteiger partial charge in [-0.05, 0) is 38.8 Å². The van der Waals surface area contributed by atoms with Crippen molar-refractivity contribution in [2.75, 3.05) is 31.9 Å². The van der Waals surface area contributed by atoms with E-state index in [-0.39, 0.29) is 0 Å². The average Bonchev–Trinajstić information content (AvgIpc) is 2.68. The lowest BCUT2D eigenvalue weighted by Gasteiger charge is -2.34. The fraction of sp³-hybridized carbons (Fsp3) is 1.00. The molecule has 3 heteroatoms. The van der Waals surface area contributed by atoms with Crippen molar-refractivity contribution >= 4 is 11.8 Å². The summed E-state index contributed by atoms with van der Waals surface area (Å²) in [5.74, 6) is 1.30. The minimum absolute atomic E-state index is 0.430. The third kappa shape index (κ3) is 3.62. The van der Waals surface area contributed by atoms with Gasteiger partial charge in [-0.3, -0.25) is 0 Å². The first-order chi connectivity index (χ1) is 8.05. The van der Waals surface area contributed by atoms with Gasteiger partial charge >= 0.3 is 0 Å². The fourth-order valence-electron chi connectivity index (χ4n) is 3.07. The van der Waals surface area contributed by atoms with Crippen molar-refractivity contribution in [2.45, 2.75) is 56.7 Å².